The Kier molecular flexibility index (Phi) is 8.29. The van der Waals surface area contributed by atoms with Crippen LogP contribution in [0.5, 0.6) is 0 Å². The number of nitrogens with one attached hydrogen (secondary N) is 1. The molecule has 4 aromatic rings. The minimum absolute atomic E-state index is 0.0679. The first-order valence-electron chi connectivity index (χ1n) is 14.4. The summed E-state index contributed by atoms with van der Waals surface area (Å²) in [5, 5.41) is 2.38. The number of piperidine rings is 2. The highest BCUT2D eigenvalue weighted by Gasteiger charge is 2.29. The third-order valence-electron chi connectivity index (χ3n) is 8.61. The number of carbonyl (C=O) groups is 1. The fourth-order valence-corrected chi connectivity index (χ4v) is 6.72. The van der Waals surface area contributed by atoms with Gasteiger partial charge in [0, 0.05) is 42.3 Å². The summed E-state index contributed by atoms with van der Waals surface area (Å²) in [4.78, 5) is 21.1. The van der Waals surface area contributed by atoms with Crippen molar-refractivity contribution in [3.8, 4) is 11.3 Å². The van der Waals surface area contributed by atoms with Crippen LogP contribution in [0.25, 0.3) is 28.2 Å². The Labute approximate surface area is 246 Å². The molecule has 4 nitrogen and oxygen atoms in total. The Morgan fingerprint density at radius 1 is 0.850 bits per heavy atom. The van der Waals surface area contributed by atoms with E-state index >= 15 is 0 Å². The van der Waals surface area contributed by atoms with Crippen molar-refractivity contribution in [1.82, 2.24) is 14.8 Å². The van der Waals surface area contributed by atoms with E-state index in [9.17, 15) is 4.79 Å². The van der Waals surface area contributed by atoms with Crippen molar-refractivity contribution in [2.24, 2.45) is 5.92 Å². The molecule has 2 aliphatic rings. The molecular weight excluding hydrogens is 537 g/mol. The zero-order chi connectivity index (χ0) is 27.5. The normalized spacial score (nSPS) is 17.7. The molecule has 0 bridgehead atoms. The molecule has 0 atom stereocenters. The van der Waals surface area contributed by atoms with Gasteiger partial charge in [0.25, 0.3) is 0 Å². The van der Waals surface area contributed by atoms with Gasteiger partial charge in [0.05, 0.1) is 10.0 Å². The van der Waals surface area contributed by atoms with E-state index in [1.54, 1.807) is 18.2 Å². The van der Waals surface area contributed by atoms with Crippen LogP contribution in [0.15, 0.2) is 78.9 Å². The number of rotatable bonds is 6. The van der Waals surface area contributed by atoms with Gasteiger partial charge in [0.2, 0.25) is 5.91 Å². The summed E-state index contributed by atoms with van der Waals surface area (Å²) in [7, 11) is 0. The second-order valence-electron chi connectivity index (χ2n) is 11.2. The van der Waals surface area contributed by atoms with E-state index in [-0.39, 0.29) is 5.91 Å². The smallest absolute Gasteiger partial charge is 0.246 e. The molecule has 2 fully saturated rings. The predicted molar refractivity (Wildman–Crippen MR) is 167 cm³/mol. The highest BCUT2D eigenvalue weighted by molar-refractivity contribution is 6.42. The van der Waals surface area contributed by atoms with Crippen LogP contribution in [0.4, 0.5) is 0 Å². The molecule has 6 heteroatoms. The van der Waals surface area contributed by atoms with Crippen LogP contribution < -0.4 is 0 Å². The Bertz CT molecular complexity index is 1500. The first-order chi connectivity index (χ1) is 19.5. The lowest BCUT2D eigenvalue weighted by atomic mass is 9.85. The van der Waals surface area contributed by atoms with E-state index in [2.05, 4.69) is 64.5 Å². The SMILES string of the molecule is O=C(/C=C/c1ccc(Cl)c(Cl)c1)N1CCC(CN2CCC(c3c(-c4ccccc4)[nH]c4ccccc34)CC2)CC1. The van der Waals surface area contributed by atoms with Gasteiger partial charge in [-0.3, -0.25) is 4.79 Å². The number of halogens is 2. The number of para-hydroxylation sites is 1. The maximum Gasteiger partial charge on any atom is 0.246 e. The van der Waals surface area contributed by atoms with Crippen molar-refractivity contribution in [2.45, 2.75) is 31.6 Å². The van der Waals surface area contributed by atoms with Gasteiger partial charge in [0.15, 0.2) is 0 Å². The Balaban J connectivity index is 1.03. The summed E-state index contributed by atoms with van der Waals surface area (Å²) in [6.07, 6.45) is 7.95. The first-order valence-corrected chi connectivity index (χ1v) is 15.1. The molecule has 0 spiro atoms. The summed E-state index contributed by atoms with van der Waals surface area (Å²) < 4.78 is 0. The average Bonchev–Trinajstić information content (AvgIpc) is 3.39. The van der Waals surface area contributed by atoms with Crippen LogP contribution >= 0.6 is 23.2 Å². The number of hydrogen-bond acceptors (Lipinski definition) is 2. The molecule has 3 heterocycles. The molecule has 1 aromatic heterocycles. The predicted octanol–water partition coefficient (Wildman–Crippen LogP) is 8.27. The third-order valence-corrected chi connectivity index (χ3v) is 9.35. The highest BCUT2D eigenvalue weighted by Crippen LogP contribution is 2.40. The summed E-state index contributed by atoms with van der Waals surface area (Å²) in [6.45, 7) is 5.03. The maximum atomic E-state index is 12.8. The average molecular weight is 573 g/mol. The number of aromatic amines is 1. The zero-order valence-corrected chi connectivity index (χ0v) is 24.2. The van der Waals surface area contributed by atoms with Crippen LogP contribution in [0.3, 0.4) is 0 Å². The molecule has 3 aromatic carbocycles. The van der Waals surface area contributed by atoms with Gasteiger partial charge in [-0.15, -0.1) is 0 Å². The maximum absolute atomic E-state index is 12.8. The van der Waals surface area contributed by atoms with Crippen molar-refractivity contribution in [2.75, 3.05) is 32.7 Å². The molecular formula is C34H35Cl2N3O. The lowest BCUT2D eigenvalue weighted by Gasteiger charge is -2.37. The fourth-order valence-electron chi connectivity index (χ4n) is 6.41. The number of benzene rings is 3. The van der Waals surface area contributed by atoms with Crippen LogP contribution in [0.2, 0.25) is 10.0 Å². The van der Waals surface area contributed by atoms with Gasteiger partial charge in [-0.25, -0.2) is 0 Å². The Hall–Kier alpha value is -3.05. The van der Waals surface area contributed by atoms with E-state index in [4.69, 9.17) is 23.2 Å². The van der Waals surface area contributed by atoms with Gasteiger partial charge in [-0.05, 0) is 91.6 Å². The molecule has 1 amide bonds. The van der Waals surface area contributed by atoms with Gasteiger partial charge in [0.1, 0.15) is 0 Å². The van der Waals surface area contributed by atoms with Crippen molar-refractivity contribution in [3.63, 3.8) is 0 Å². The Morgan fingerprint density at radius 2 is 1.57 bits per heavy atom. The number of aromatic nitrogens is 1. The summed E-state index contributed by atoms with van der Waals surface area (Å²) in [5.41, 5.74) is 6.15. The molecule has 40 heavy (non-hydrogen) atoms. The lowest BCUT2D eigenvalue weighted by molar-refractivity contribution is -0.127. The molecule has 2 saturated heterocycles. The fraction of sp³-hybridized carbons (Fsp3) is 0.324. The van der Waals surface area contributed by atoms with E-state index in [1.165, 1.54) is 40.6 Å². The van der Waals surface area contributed by atoms with Crippen LogP contribution in [-0.2, 0) is 4.79 Å². The van der Waals surface area contributed by atoms with Crippen molar-refractivity contribution < 1.29 is 4.79 Å². The van der Waals surface area contributed by atoms with Gasteiger partial charge >= 0.3 is 0 Å². The molecule has 0 aliphatic carbocycles. The molecule has 6 rings (SSSR count). The largest absolute Gasteiger partial charge is 0.354 e. The summed E-state index contributed by atoms with van der Waals surface area (Å²) >= 11 is 12.1. The summed E-state index contributed by atoms with van der Waals surface area (Å²) in [5.74, 6) is 1.27. The van der Waals surface area contributed by atoms with Crippen molar-refractivity contribution in [3.05, 3.63) is 100 Å². The number of carbonyl (C=O) groups excluding carboxylic acids is 1. The number of fused-ring (bicyclic) bond motifs is 1. The van der Waals surface area contributed by atoms with Crippen LogP contribution in [-0.4, -0.2) is 53.4 Å². The molecule has 0 unspecified atom stereocenters. The molecule has 2 aliphatic heterocycles. The number of H-pyrrole nitrogens is 1. The zero-order valence-electron chi connectivity index (χ0n) is 22.7. The number of nitrogens with zero attached hydrogens (tertiary/aromatic N) is 2. The standard InChI is InChI=1S/C34H35Cl2N3O/c35-29-12-10-24(22-30(29)36)11-13-32(40)39-20-14-25(15-21-39)23-38-18-16-26(17-19-38)33-28-8-4-5-9-31(28)37-34(33)27-6-2-1-3-7-27/h1-13,22,25-26,37H,14-21,23H2/b13-11+. The van der Waals surface area contributed by atoms with Crippen LogP contribution in [0, 0.1) is 5.92 Å². The minimum atomic E-state index is 0.0679. The van der Waals surface area contributed by atoms with E-state index in [0.717, 1.165) is 51.1 Å². The van der Waals surface area contributed by atoms with E-state index < -0.39 is 0 Å². The second-order valence-corrected chi connectivity index (χ2v) is 12.0. The van der Waals surface area contributed by atoms with E-state index in [1.807, 2.05) is 17.0 Å². The van der Waals surface area contributed by atoms with Crippen molar-refractivity contribution >= 4 is 46.1 Å². The first kappa shape index (κ1) is 27.1. The van der Waals surface area contributed by atoms with Gasteiger partial charge in [-0.1, -0.05) is 77.8 Å². The molecule has 0 radical (unpaired) electrons. The summed E-state index contributed by atoms with van der Waals surface area (Å²) in [6, 6.07) is 24.9. The molecule has 0 saturated carbocycles. The highest BCUT2D eigenvalue weighted by atomic mass is 35.5. The van der Waals surface area contributed by atoms with Gasteiger partial charge < -0.3 is 14.8 Å². The van der Waals surface area contributed by atoms with E-state index in [0.29, 0.717) is 21.9 Å². The topological polar surface area (TPSA) is 39.3 Å². The van der Waals surface area contributed by atoms with Crippen molar-refractivity contribution in [1.29, 1.82) is 0 Å². The number of hydrogen-bond donors (Lipinski definition) is 1. The minimum Gasteiger partial charge on any atom is -0.354 e. The van der Waals surface area contributed by atoms with Gasteiger partial charge in [-0.2, -0.15) is 0 Å². The second kappa shape index (κ2) is 12.2. The van der Waals surface area contributed by atoms with Crippen LogP contribution in [0.1, 0.15) is 42.7 Å². The monoisotopic (exact) mass is 571 g/mol. The molecule has 1 N–H and O–H groups in total. The number of likely N-dealkylation sites (tertiary alicyclic amines) is 2. The third kappa shape index (κ3) is 6.00. The quantitative estimate of drug-likeness (QED) is 0.236. The lowest BCUT2D eigenvalue weighted by Crippen LogP contribution is -2.42. The Morgan fingerprint density at radius 3 is 2.33 bits per heavy atom. The molecule has 206 valence electrons. The number of amides is 1.